The van der Waals surface area contributed by atoms with Gasteiger partial charge in [0.15, 0.2) is 5.82 Å². The number of nitrogens with zero attached hydrogens (tertiary/aromatic N) is 5. The summed E-state index contributed by atoms with van der Waals surface area (Å²) in [5.41, 5.74) is 2.87. The summed E-state index contributed by atoms with van der Waals surface area (Å²) >= 11 is 0. The molecular formula is C35H43N6O3Si. The fourth-order valence-corrected chi connectivity index (χ4v) is 10.7. The first-order valence-corrected chi connectivity index (χ1v) is 17.4. The molecule has 0 fully saturated rings. The van der Waals surface area contributed by atoms with Crippen LogP contribution < -0.4 is 20.4 Å². The highest BCUT2D eigenvalue weighted by atomic mass is 28.4. The van der Waals surface area contributed by atoms with E-state index in [1.807, 2.05) is 4.68 Å². The van der Waals surface area contributed by atoms with Crippen LogP contribution in [0.4, 0.5) is 5.82 Å². The molecule has 2 N–H and O–H groups in total. The van der Waals surface area contributed by atoms with Crippen molar-refractivity contribution in [2.75, 3.05) is 19.0 Å². The quantitative estimate of drug-likeness (QED) is 0.164. The molecule has 5 rings (SSSR count). The fraction of sp³-hybridized carbons (Fsp3) is 0.371. The molecule has 1 atom stereocenters. The van der Waals surface area contributed by atoms with Crippen LogP contribution in [0.25, 0.3) is 11.0 Å². The van der Waals surface area contributed by atoms with Crippen molar-refractivity contribution in [3.8, 4) is 5.75 Å². The van der Waals surface area contributed by atoms with Crippen LogP contribution in [0.15, 0.2) is 79.1 Å². The number of hydrogen-bond acceptors (Lipinski definition) is 8. The second kappa shape index (κ2) is 14.3. The van der Waals surface area contributed by atoms with Crippen molar-refractivity contribution in [3.63, 3.8) is 0 Å². The van der Waals surface area contributed by atoms with E-state index in [1.54, 1.807) is 25.6 Å². The number of fused-ring (bicyclic) bond motifs is 1. The van der Waals surface area contributed by atoms with Gasteiger partial charge in [0.2, 0.25) is 6.33 Å². The van der Waals surface area contributed by atoms with Crippen LogP contribution in [0, 0.1) is 6.33 Å². The van der Waals surface area contributed by atoms with Crippen molar-refractivity contribution < 1.29 is 14.3 Å². The maximum atomic E-state index is 9.50. The van der Waals surface area contributed by atoms with Crippen LogP contribution in [0.5, 0.6) is 5.75 Å². The van der Waals surface area contributed by atoms with Crippen molar-refractivity contribution >= 4 is 35.5 Å². The van der Waals surface area contributed by atoms with Gasteiger partial charge in [-0.25, -0.2) is 9.97 Å². The van der Waals surface area contributed by atoms with Gasteiger partial charge in [-0.3, -0.25) is 9.67 Å². The molecular weight excluding hydrogens is 581 g/mol. The summed E-state index contributed by atoms with van der Waals surface area (Å²) in [7, 11) is -1.03. The summed E-state index contributed by atoms with van der Waals surface area (Å²) in [6.45, 7) is 9.95. The van der Waals surface area contributed by atoms with Gasteiger partial charge in [0.25, 0.3) is 8.32 Å². The third kappa shape index (κ3) is 6.93. The van der Waals surface area contributed by atoms with Gasteiger partial charge in [0.05, 0.1) is 32.2 Å². The van der Waals surface area contributed by atoms with E-state index in [0.717, 1.165) is 30.3 Å². The van der Waals surface area contributed by atoms with E-state index in [9.17, 15) is 5.11 Å². The normalized spacial score (nSPS) is 12.8. The van der Waals surface area contributed by atoms with Gasteiger partial charge in [0.1, 0.15) is 16.8 Å². The number of aliphatic hydroxyl groups is 1. The first kappa shape index (κ1) is 32.3. The van der Waals surface area contributed by atoms with E-state index in [2.05, 4.69) is 120 Å². The number of aromatic nitrogens is 5. The van der Waals surface area contributed by atoms with Crippen LogP contribution in [-0.2, 0) is 17.6 Å². The van der Waals surface area contributed by atoms with E-state index in [-0.39, 0.29) is 17.7 Å². The molecule has 0 saturated heterocycles. The highest BCUT2D eigenvalue weighted by Crippen LogP contribution is 2.37. The zero-order chi connectivity index (χ0) is 31.9. The Bertz CT molecular complexity index is 1630. The molecule has 0 saturated carbocycles. The number of rotatable bonds is 14. The third-order valence-electron chi connectivity index (χ3n) is 8.26. The van der Waals surface area contributed by atoms with E-state index in [1.165, 1.54) is 10.4 Å². The minimum atomic E-state index is -2.64. The standard InChI is InChI=1S/C35H43N6O3Si/c1-6-13-27(18-19-44-45(35(2,3)4,29-14-9-7-10-15-29)30-16-11-8-12-17-30)40-34-33-31(37-25-38-34)22-39-41(33)23-26-21-36-28(24-42)20-32(26)43-5/h7-12,14-17,20-22,27,42H,6,13,18-19,23-24H2,1-5H3,(H,37,38,40)/t27-/m0/s1. The van der Waals surface area contributed by atoms with E-state index in [0.29, 0.717) is 35.9 Å². The highest BCUT2D eigenvalue weighted by molar-refractivity contribution is 6.99. The lowest BCUT2D eigenvalue weighted by Gasteiger charge is -2.43. The van der Waals surface area contributed by atoms with Crippen LogP contribution in [0.3, 0.4) is 0 Å². The fourth-order valence-electron chi connectivity index (χ4n) is 6.11. The zero-order valence-electron chi connectivity index (χ0n) is 26.8. The minimum Gasteiger partial charge on any atom is -0.496 e. The number of aliphatic hydroxyl groups excluding tert-OH is 1. The number of anilines is 1. The molecule has 3 aromatic heterocycles. The van der Waals surface area contributed by atoms with E-state index >= 15 is 0 Å². The van der Waals surface area contributed by atoms with Gasteiger partial charge in [-0.05, 0) is 28.3 Å². The molecule has 0 bridgehead atoms. The average Bonchev–Trinajstić information content (AvgIpc) is 3.47. The number of ether oxygens (including phenoxy) is 1. The summed E-state index contributed by atoms with van der Waals surface area (Å²) in [6.07, 6.45) is 9.00. The SMILES string of the molecule is CCC[C@@H](CCO[Si](c1ccccc1)(c1ccccc1)C(C)(C)C)Nc1n[c]nc2cnn(Cc3cnc(CO)cc3OC)c12. The molecule has 0 spiro atoms. The molecule has 2 aromatic carbocycles. The maximum absolute atomic E-state index is 9.50. The van der Waals surface area contributed by atoms with Crippen LogP contribution in [0.2, 0.25) is 5.04 Å². The van der Waals surface area contributed by atoms with E-state index in [4.69, 9.17) is 9.16 Å². The number of nitrogens with one attached hydrogen (secondary N) is 1. The first-order valence-electron chi connectivity index (χ1n) is 15.5. The number of pyridine rings is 1. The van der Waals surface area contributed by atoms with Gasteiger partial charge < -0.3 is 19.6 Å². The molecule has 0 unspecified atom stereocenters. The Hall–Kier alpha value is -4.12. The Morgan fingerprint density at radius 1 is 0.978 bits per heavy atom. The molecule has 0 aliphatic carbocycles. The smallest absolute Gasteiger partial charge is 0.261 e. The highest BCUT2D eigenvalue weighted by Gasteiger charge is 2.50. The second-order valence-electron chi connectivity index (χ2n) is 12.3. The molecule has 235 valence electrons. The largest absolute Gasteiger partial charge is 0.496 e. The number of benzene rings is 2. The Kier molecular flexibility index (Phi) is 10.3. The Morgan fingerprint density at radius 2 is 1.67 bits per heavy atom. The predicted octanol–water partition coefficient (Wildman–Crippen LogP) is 5.12. The molecule has 10 heteroatoms. The number of hydrogen-bond donors (Lipinski definition) is 2. The van der Waals surface area contributed by atoms with Gasteiger partial charge >= 0.3 is 0 Å². The third-order valence-corrected chi connectivity index (χ3v) is 13.3. The maximum Gasteiger partial charge on any atom is 0.261 e. The molecule has 0 amide bonds. The average molecular weight is 624 g/mol. The molecule has 0 aliphatic rings. The lowest BCUT2D eigenvalue weighted by molar-refractivity contribution is 0.275. The van der Waals surface area contributed by atoms with Gasteiger partial charge in [0, 0.05) is 30.5 Å². The lowest BCUT2D eigenvalue weighted by Crippen LogP contribution is -2.66. The Morgan fingerprint density at radius 3 is 2.27 bits per heavy atom. The van der Waals surface area contributed by atoms with Crippen LogP contribution >= 0.6 is 0 Å². The molecule has 3 heterocycles. The van der Waals surface area contributed by atoms with Gasteiger partial charge in [-0.15, -0.1) is 0 Å². The summed E-state index contributed by atoms with van der Waals surface area (Å²) < 4.78 is 14.6. The zero-order valence-corrected chi connectivity index (χ0v) is 27.8. The van der Waals surface area contributed by atoms with Crippen LogP contribution in [-0.4, -0.2) is 57.9 Å². The topological polar surface area (TPSA) is 107 Å². The first-order chi connectivity index (χ1) is 21.8. The Balaban J connectivity index is 1.41. The van der Waals surface area contributed by atoms with Crippen molar-refractivity contribution in [3.05, 3.63) is 96.7 Å². The number of methoxy groups -OCH3 is 1. The van der Waals surface area contributed by atoms with Gasteiger partial charge in [-0.2, -0.15) is 5.10 Å². The lowest BCUT2D eigenvalue weighted by atomic mass is 10.1. The molecule has 5 aromatic rings. The second-order valence-corrected chi connectivity index (χ2v) is 16.6. The van der Waals surface area contributed by atoms with Gasteiger partial charge in [-0.1, -0.05) is 94.8 Å². The molecule has 9 nitrogen and oxygen atoms in total. The Labute approximate surface area is 266 Å². The van der Waals surface area contributed by atoms with Crippen LogP contribution in [0.1, 0.15) is 58.2 Å². The summed E-state index contributed by atoms with van der Waals surface area (Å²) in [5, 5.41) is 20.3. The predicted molar refractivity (Wildman–Crippen MR) is 180 cm³/mol. The van der Waals surface area contributed by atoms with Crippen molar-refractivity contribution in [1.82, 2.24) is 24.7 Å². The van der Waals surface area contributed by atoms with Crippen molar-refractivity contribution in [2.45, 2.75) is 71.2 Å². The molecule has 1 radical (unpaired) electrons. The van der Waals surface area contributed by atoms with Crippen molar-refractivity contribution in [2.24, 2.45) is 0 Å². The van der Waals surface area contributed by atoms with Crippen molar-refractivity contribution in [1.29, 1.82) is 0 Å². The summed E-state index contributed by atoms with van der Waals surface area (Å²) in [6, 6.07) is 23.4. The monoisotopic (exact) mass is 623 g/mol. The van der Waals surface area contributed by atoms with E-state index < -0.39 is 8.32 Å². The molecule has 0 aliphatic heterocycles. The summed E-state index contributed by atoms with van der Waals surface area (Å²) in [4.78, 5) is 13.2. The summed E-state index contributed by atoms with van der Waals surface area (Å²) in [5.74, 6) is 1.32. The molecule has 45 heavy (non-hydrogen) atoms. The minimum absolute atomic E-state index is 0.0883.